The van der Waals surface area contributed by atoms with Crippen LogP contribution in [0, 0.1) is 6.92 Å². The molecule has 0 radical (unpaired) electrons. The molecule has 1 amide bonds. The topological polar surface area (TPSA) is 63.4 Å². The number of rotatable bonds is 3. The highest BCUT2D eigenvalue weighted by molar-refractivity contribution is 7.16. The van der Waals surface area contributed by atoms with E-state index in [9.17, 15) is 4.79 Å². The van der Waals surface area contributed by atoms with Crippen molar-refractivity contribution in [2.24, 2.45) is 0 Å². The van der Waals surface area contributed by atoms with Gasteiger partial charge in [0.2, 0.25) is 5.82 Å². The first-order valence-electron chi connectivity index (χ1n) is 6.22. The molecule has 0 atom stereocenters. The summed E-state index contributed by atoms with van der Waals surface area (Å²) in [6.45, 7) is 2.35. The van der Waals surface area contributed by atoms with Gasteiger partial charge in [-0.1, -0.05) is 11.6 Å². The molecule has 0 aliphatic rings. The van der Waals surface area contributed by atoms with Gasteiger partial charge in [0.25, 0.3) is 11.7 Å². The van der Waals surface area contributed by atoms with Crippen molar-refractivity contribution in [2.45, 2.75) is 13.5 Å². The lowest BCUT2D eigenvalue weighted by Crippen LogP contribution is -2.26. The number of hydrogen-bond acceptors (Lipinski definition) is 5. The maximum absolute atomic E-state index is 12.4. The van der Waals surface area contributed by atoms with Gasteiger partial charge in [-0.15, -0.1) is 16.4 Å². The maximum atomic E-state index is 12.4. The third kappa shape index (κ3) is 2.74. The Balaban J connectivity index is 1.84. The van der Waals surface area contributed by atoms with Crippen molar-refractivity contribution in [1.29, 1.82) is 0 Å². The molecule has 0 saturated carbocycles. The minimum atomic E-state index is -0.246. The van der Waals surface area contributed by atoms with Crippen LogP contribution in [0.2, 0.25) is 4.34 Å². The van der Waals surface area contributed by atoms with Crippen molar-refractivity contribution in [2.75, 3.05) is 7.05 Å². The second-order valence-electron chi connectivity index (χ2n) is 4.60. The first-order valence-corrected chi connectivity index (χ1v) is 7.42. The smallest absolute Gasteiger partial charge is 0.293 e. The number of aromatic nitrogens is 4. The van der Waals surface area contributed by atoms with Crippen LogP contribution in [0.25, 0.3) is 5.78 Å². The largest absolute Gasteiger partial charge is 0.334 e. The molecule has 3 heterocycles. The van der Waals surface area contributed by atoms with E-state index in [1.807, 2.05) is 25.1 Å². The summed E-state index contributed by atoms with van der Waals surface area (Å²) in [6, 6.07) is 5.53. The van der Waals surface area contributed by atoms with E-state index in [1.54, 1.807) is 22.7 Å². The summed E-state index contributed by atoms with van der Waals surface area (Å²) in [5.41, 5.74) is 0.874. The molecule has 21 heavy (non-hydrogen) atoms. The lowest BCUT2D eigenvalue weighted by Gasteiger charge is -2.13. The Labute approximate surface area is 130 Å². The number of thiophene rings is 1. The lowest BCUT2D eigenvalue weighted by atomic mass is 10.4. The number of carbonyl (C=O) groups is 1. The van der Waals surface area contributed by atoms with Crippen molar-refractivity contribution >= 4 is 34.6 Å². The first kappa shape index (κ1) is 14.0. The summed E-state index contributed by atoms with van der Waals surface area (Å²) >= 11 is 7.34. The predicted molar refractivity (Wildman–Crippen MR) is 80.6 cm³/mol. The zero-order chi connectivity index (χ0) is 15.0. The summed E-state index contributed by atoms with van der Waals surface area (Å²) in [5.74, 6) is 0.317. The number of nitrogens with zero attached hydrogens (tertiary/aromatic N) is 5. The lowest BCUT2D eigenvalue weighted by molar-refractivity contribution is 0.0774. The molecular formula is C13H12ClN5OS. The number of amides is 1. The molecule has 0 spiro atoms. The van der Waals surface area contributed by atoms with Crippen LogP contribution in [-0.4, -0.2) is 37.4 Å². The molecular weight excluding hydrogens is 310 g/mol. The van der Waals surface area contributed by atoms with Gasteiger partial charge >= 0.3 is 0 Å². The van der Waals surface area contributed by atoms with Gasteiger partial charge in [0.1, 0.15) is 0 Å². The van der Waals surface area contributed by atoms with E-state index in [0.29, 0.717) is 16.7 Å². The Morgan fingerprint density at radius 1 is 1.43 bits per heavy atom. The zero-order valence-electron chi connectivity index (χ0n) is 11.4. The summed E-state index contributed by atoms with van der Waals surface area (Å²) < 4.78 is 2.26. The molecule has 0 aromatic carbocycles. The first-order chi connectivity index (χ1) is 10.0. The molecule has 108 valence electrons. The summed E-state index contributed by atoms with van der Waals surface area (Å²) in [4.78, 5) is 23.2. The number of halogens is 1. The van der Waals surface area contributed by atoms with Crippen molar-refractivity contribution < 1.29 is 4.79 Å². The van der Waals surface area contributed by atoms with Crippen molar-refractivity contribution in [3.8, 4) is 0 Å². The highest BCUT2D eigenvalue weighted by Crippen LogP contribution is 2.22. The van der Waals surface area contributed by atoms with E-state index in [-0.39, 0.29) is 11.7 Å². The van der Waals surface area contributed by atoms with Crippen molar-refractivity contribution in [3.05, 3.63) is 45.1 Å². The highest BCUT2D eigenvalue weighted by Gasteiger charge is 2.19. The van der Waals surface area contributed by atoms with Gasteiger partial charge < -0.3 is 4.90 Å². The van der Waals surface area contributed by atoms with Crippen LogP contribution in [-0.2, 0) is 6.54 Å². The molecule has 0 saturated heterocycles. The SMILES string of the molecule is Cc1ccnc2nc(C(=O)N(C)Cc3ccc(Cl)s3)nn12. The molecule has 0 fully saturated rings. The molecule has 3 aromatic heterocycles. The number of aryl methyl sites for hydroxylation is 1. The second kappa shape index (κ2) is 5.42. The van der Waals surface area contributed by atoms with Gasteiger partial charge in [0.05, 0.1) is 10.9 Å². The van der Waals surface area contributed by atoms with Crippen LogP contribution >= 0.6 is 22.9 Å². The molecule has 8 heteroatoms. The average molecular weight is 322 g/mol. The number of carbonyl (C=O) groups excluding carboxylic acids is 1. The standard InChI is InChI=1S/C13H12ClN5OS/c1-8-5-6-15-13-16-11(17-19(8)13)12(20)18(2)7-9-3-4-10(14)21-9/h3-6H,7H2,1-2H3. The number of hydrogen-bond donors (Lipinski definition) is 0. The Bertz CT molecular complexity index is 812. The Morgan fingerprint density at radius 2 is 2.24 bits per heavy atom. The average Bonchev–Trinajstić information content (AvgIpc) is 3.05. The van der Waals surface area contributed by atoms with Gasteiger partial charge in [0, 0.05) is 23.8 Å². The van der Waals surface area contributed by atoms with Crippen LogP contribution < -0.4 is 0 Å². The van der Waals surface area contributed by atoms with Gasteiger partial charge in [-0.2, -0.15) is 4.98 Å². The molecule has 3 rings (SSSR count). The fourth-order valence-corrected chi connectivity index (χ4v) is 3.05. The van der Waals surface area contributed by atoms with Crippen LogP contribution in [0.4, 0.5) is 0 Å². The minimum absolute atomic E-state index is 0.141. The number of fused-ring (bicyclic) bond motifs is 1. The quantitative estimate of drug-likeness (QED) is 0.743. The van der Waals surface area contributed by atoms with Gasteiger partial charge in [-0.3, -0.25) is 4.79 Å². The third-order valence-electron chi connectivity index (χ3n) is 2.99. The van der Waals surface area contributed by atoms with E-state index in [0.717, 1.165) is 10.6 Å². The van der Waals surface area contributed by atoms with Gasteiger partial charge in [-0.05, 0) is 25.1 Å². The predicted octanol–water partition coefficient (Wildman–Crippen LogP) is 2.42. The fourth-order valence-electron chi connectivity index (χ4n) is 1.91. The highest BCUT2D eigenvalue weighted by atomic mass is 35.5. The van der Waals surface area contributed by atoms with Crippen LogP contribution in [0.3, 0.4) is 0 Å². The Hall–Kier alpha value is -1.99. The van der Waals surface area contributed by atoms with E-state index in [1.165, 1.54) is 11.3 Å². The second-order valence-corrected chi connectivity index (χ2v) is 6.40. The van der Waals surface area contributed by atoms with Crippen molar-refractivity contribution in [1.82, 2.24) is 24.5 Å². The molecule has 6 nitrogen and oxygen atoms in total. The molecule has 3 aromatic rings. The Morgan fingerprint density at radius 3 is 2.90 bits per heavy atom. The molecule has 0 aliphatic carbocycles. The van der Waals surface area contributed by atoms with Gasteiger partial charge in [-0.25, -0.2) is 9.50 Å². The monoisotopic (exact) mass is 321 g/mol. The van der Waals surface area contributed by atoms with Gasteiger partial charge in [0.15, 0.2) is 0 Å². The normalized spacial score (nSPS) is 11.0. The maximum Gasteiger partial charge on any atom is 0.293 e. The van der Waals surface area contributed by atoms with E-state index >= 15 is 0 Å². The van der Waals surface area contributed by atoms with E-state index < -0.39 is 0 Å². The summed E-state index contributed by atoms with van der Waals surface area (Å²) in [7, 11) is 1.71. The molecule has 0 bridgehead atoms. The minimum Gasteiger partial charge on any atom is -0.334 e. The van der Waals surface area contributed by atoms with Crippen LogP contribution in [0.1, 0.15) is 21.2 Å². The fraction of sp³-hybridized carbons (Fsp3) is 0.231. The molecule has 0 unspecified atom stereocenters. The summed E-state index contributed by atoms with van der Waals surface area (Å²) in [6.07, 6.45) is 1.64. The van der Waals surface area contributed by atoms with Crippen LogP contribution in [0.5, 0.6) is 0 Å². The zero-order valence-corrected chi connectivity index (χ0v) is 13.0. The van der Waals surface area contributed by atoms with E-state index in [2.05, 4.69) is 15.1 Å². The third-order valence-corrected chi connectivity index (χ3v) is 4.21. The summed E-state index contributed by atoms with van der Waals surface area (Å²) in [5, 5.41) is 4.21. The van der Waals surface area contributed by atoms with Crippen molar-refractivity contribution in [3.63, 3.8) is 0 Å². The Kier molecular flexibility index (Phi) is 3.60. The molecule has 0 aliphatic heterocycles. The van der Waals surface area contributed by atoms with Crippen LogP contribution in [0.15, 0.2) is 24.4 Å². The van der Waals surface area contributed by atoms with E-state index in [4.69, 9.17) is 11.6 Å². The molecule has 0 N–H and O–H groups in total.